The van der Waals surface area contributed by atoms with E-state index in [4.69, 9.17) is 4.98 Å². The first-order valence-corrected chi connectivity index (χ1v) is 10.3. The number of benzene rings is 1. The topological polar surface area (TPSA) is 120 Å². The first-order chi connectivity index (χ1) is 15.0. The first-order valence-electron chi connectivity index (χ1n) is 10.3. The Hall–Kier alpha value is -3.40. The van der Waals surface area contributed by atoms with Crippen LogP contribution in [-0.2, 0) is 4.79 Å². The molecule has 1 aliphatic heterocycles. The van der Waals surface area contributed by atoms with Crippen LogP contribution in [0.2, 0.25) is 0 Å². The summed E-state index contributed by atoms with van der Waals surface area (Å²) in [6.07, 6.45) is 5.31. The van der Waals surface area contributed by atoms with Crippen LogP contribution in [0.1, 0.15) is 31.2 Å². The number of amides is 1. The van der Waals surface area contributed by atoms with Gasteiger partial charge in [-0.15, -0.1) is 0 Å². The van der Waals surface area contributed by atoms with Gasteiger partial charge in [-0.3, -0.25) is 14.8 Å². The minimum absolute atomic E-state index is 0.0343. The number of anilines is 2. The van der Waals surface area contributed by atoms with Gasteiger partial charge >= 0.3 is 0 Å². The van der Waals surface area contributed by atoms with Crippen LogP contribution in [0.5, 0.6) is 0 Å². The van der Waals surface area contributed by atoms with E-state index in [9.17, 15) is 14.3 Å². The Bertz CT molecular complexity index is 1130. The maximum Gasteiger partial charge on any atom is 0.247 e. The summed E-state index contributed by atoms with van der Waals surface area (Å²) in [6.45, 7) is 2.01. The van der Waals surface area contributed by atoms with Gasteiger partial charge in [0.15, 0.2) is 17.5 Å². The predicted molar refractivity (Wildman–Crippen MR) is 112 cm³/mol. The van der Waals surface area contributed by atoms with E-state index in [1.54, 1.807) is 17.2 Å². The van der Waals surface area contributed by atoms with E-state index < -0.39 is 5.82 Å². The molecule has 1 aliphatic carbocycles. The Kier molecular flexibility index (Phi) is 4.85. The summed E-state index contributed by atoms with van der Waals surface area (Å²) in [5.74, 6) is 0.803. The van der Waals surface area contributed by atoms with Gasteiger partial charge in [0, 0.05) is 11.6 Å². The second-order valence-electron chi connectivity index (χ2n) is 7.99. The zero-order valence-corrected chi connectivity index (χ0v) is 17.0. The van der Waals surface area contributed by atoms with Crippen LogP contribution in [0.25, 0.3) is 22.6 Å². The highest BCUT2D eigenvalue weighted by Gasteiger charge is 2.35. The molecule has 0 bridgehead atoms. The Morgan fingerprint density at radius 2 is 1.97 bits per heavy atom. The van der Waals surface area contributed by atoms with Crippen molar-refractivity contribution in [3.63, 3.8) is 0 Å². The van der Waals surface area contributed by atoms with Crippen molar-refractivity contribution in [2.45, 2.75) is 44.8 Å². The minimum Gasteiger partial charge on any atom is -0.393 e. The highest BCUT2D eigenvalue weighted by atomic mass is 19.1. The molecule has 1 fully saturated rings. The molecular formula is C21H22FN7O2. The number of rotatable bonds is 3. The number of hydrogen-bond donors (Lipinski definition) is 3. The number of carbonyl (C=O) groups excluding carboxylic acids is 1. The third-order valence-electron chi connectivity index (χ3n) is 5.95. The van der Waals surface area contributed by atoms with Crippen molar-refractivity contribution in [3.8, 4) is 22.6 Å². The molecule has 0 unspecified atom stereocenters. The Morgan fingerprint density at radius 1 is 1.16 bits per heavy atom. The van der Waals surface area contributed by atoms with Crippen LogP contribution in [0.3, 0.4) is 0 Å². The van der Waals surface area contributed by atoms with E-state index in [-0.39, 0.29) is 24.6 Å². The predicted octanol–water partition coefficient (Wildman–Crippen LogP) is 2.44. The van der Waals surface area contributed by atoms with E-state index in [0.29, 0.717) is 60.0 Å². The third-order valence-corrected chi connectivity index (χ3v) is 5.95. The molecule has 3 aromatic rings. The monoisotopic (exact) mass is 423 g/mol. The number of aromatic amines is 1. The van der Waals surface area contributed by atoms with Crippen molar-refractivity contribution in [1.82, 2.24) is 25.1 Å². The van der Waals surface area contributed by atoms with Crippen LogP contribution in [-0.4, -0.2) is 54.9 Å². The zero-order valence-electron chi connectivity index (χ0n) is 17.0. The van der Waals surface area contributed by atoms with Crippen LogP contribution in [0, 0.1) is 12.7 Å². The van der Waals surface area contributed by atoms with Crippen molar-refractivity contribution in [2.24, 2.45) is 0 Å². The van der Waals surface area contributed by atoms with Gasteiger partial charge in [-0.1, -0.05) is 0 Å². The van der Waals surface area contributed by atoms with Crippen molar-refractivity contribution in [3.05, 3.63) is 36.0 Å². The number of aliphatic hydroxyl groups is 1. The largest absolute Gasteiger partial charge is 0.393 e. The van der Waals surface area contributed by atoms with Crippen LogP contribution in [0.15, 0.2) is 24.7 Å². The van der Waals surface area contributed by atoms with E-state index in [1.807, 2.05) is 6.92 Å². The number of hydrogen-bond acceptors (Lipinski definition) is 7. The molecule has 0 atom stereocenters. The minimum atomic E-state index is -0.454. The SMILES string of the molecule is Cc1cc(-c2ncn[nH]2)c(F)cc1-c1cnc2c(n1)N(C1CCC(O)CC1)C(=O)CN2. The highest BCUT2D eigenvalue weighted by molar-refractivity contribution is 6.01. The molecule has 2 aliphatic rings. The third kappa shape index (κ3) is 3.52. The van der Waals surface area contributed by atoms with Crippen molar-refractivity contribution >= 4 is 17.5 Å². The number of fused-ring (bicyclic) bond motifs is 1. The molecule has 31 heavy (non-hydrogen) atoms. The Labute approximate surface area is 177 Å². The molecule has 0 spiro atoms. The Balaban J connectivity index is 1.54. The lowest BCUT2D eigenvalue weighted by molar-refractivity contribution is -0.118. The highest BCUT2D eigenvalue weighted by Crippen LogP contribution is 2.35. The van der Waals surface area contributed by atoms with Gasteiger partial charge in [-0.2, -0.15) is 5.10 Å². The van der Waals surface area contributed by atoms with E-state index in [1.165, 1.54) is 12.4 Å². The summed E-state index contributed by atoms with van der Waals surface area (Å²) in [4.78, 5) is 27.6. The molecule has 0 saturated heterocycles. The van der Waals surface area contributed by atoms with Gasteiger partial charge in [0.1, 0.15) is 12.1 Å². The normalized spacial score (nSPS) is 21.0. The van der Waals surface area contributed by atoms with Crippen LogP contribution < -0.4 is 10.2 Å². The molecule has 1 amide bonds. The van der Waals surface area contributed by atoms with E-state index in [2.05, 4.69) is 25.5 Å². The van der Waals surface area contributed by atoms with Gasteiger partial charge < -0.3 is 10.4 Å². The maximum absolute atomic E-state index is 14.8. The average Bonchev–Trinajstić information content (AvgIpc) is 3.30. The fraction of sp³-hybridized carbons (Fsp3) is 0.381. The van der Waals surface area contributed by atoms with Gasteiger partial charge in [-0.05, 0) is 50.3 Å². The maximum atomic E-state index is 14.8. The van der Waals surface area contributed by atoms with Crippen LogP contribution in [0.4, 0.5) is 16.0 Å². The second-order valence-corrected chi connectivity index (χ2v) is 7.99. The summed E-state index contributed by atoms with van der Waals surface area (Å²) < 4.78 is 14.8. The smallest absolute Gasteiger partial charge is 0.247 e. The molecule has 160 valence electrons. The summed E-state index contributed by atoms with van der Waals surface area (Å²) in [7, 11) is 0. The summed E-state index contributed by atoms with van der Waals surface area (Å²) in [6, 6.07) is 3.06. The van der Waals surface area contributed by atoms with Gasteiger partial charge in [0.2, 0.25) is 5.91 Å². The number of nitrogens with zero attached hydrogens (tertiary/aromatic N) is 5. The fourth-order valence-corrected chi connectivity index (χ4v) is 4.33. The van der Waals surface area contributed by atoms with Crippen LogP contribution >= 0.6 is 0 Å². The molecule has 10 heteroatoms. The quantitative estimate of drug-likeness (QED) is 0.592. The van der Waals surface area contributed by atoms with Crippen molar-refractivity contribution in [2.75, 3.05) is 16.8 Å². The lowest BCUT2D eigenvalue weighted by atomic mass is 9.91. The van der Waals surface area contributed by atoms with Crippen molar-refractivity contribution < 1.29 is 14.3 Å². The number of halogens is 1. The molecule has 5 rings (SSSR count). The summed E-state index contributed by atoms with van der Waals surface area (Å²) in [5, 5.41) is 19.3. The number of carbonyl (C=O) groups is 1. The molecule has 1 aromatic carbocycles. The molecule has 2 aromatic heterocycles. The van der Waals surface area contributed by atoms with E-state index in [0.717, 1.165) is 5.56 Å². The molecule has 3 heterocycles. The molecule has 1 saturated carbocycles. The van der Waals surface area contributed by atoms with Gasteiger partial charge in [0.05, 0.1) is 30.1 Å². The van der Waals surface area contributed by atoms with E-state index >= 15 is 0 Å². The standard InChI is InChI=1S/C21H22FN7O2/c1-11-6-15(19-25-10-26-28-19)16(22)7-14(11)17-8-23-20-21(27-17)29(18(31)9-24-20)12-2-4-13(30)5-3-12/h6-8,10,12-13,30H,2-5,9H2,1H3,(H,23,24)(H,25,26,28). The number of aliphatic hydroxyl groups excluding tert-OH is 1. The molecule has 3 N–H and O–H groups in total. The average molecular weight is 423 g/mol. The lowest BCUT2D eigenvalue weighted by Crippen LogP contribution is -2.49. The number of H-pyrrole nitrogens is 1. The molecule has 9 nitrogen and oxygen atoms in total. The molecule has 0 radical (unpaired) electrons. The first kappa shape index (κ1) is 19.6. The number of aromatic nitrogens is 5. The van der Waals surface area contributed by atoms with Gasteiger partial charge in [0.25, 0.3) is 0 Å². The van der Waals surface area contributed by atoms with Crippen molar-refractivity contribution in [1.29, 1.82) is 0 Å². The molecular weight excluding hydrogens is 401 g/mol. The zero-order chi connectivity index (χ0) is 21.5. The lowest BCUT2D eigenvalue weighted by Gasteiger charge is -2.38. The summed E-state index contributed by atoms with van der Waals surface area (Å²) >= 11 is 0. The van der Waals surface area contributed by atoms with Gasteiger partial charge in [-0.25, -0.2) is 19.3 Å². The summed E-state index contributed by atoms with van der Waals surface area (Å²) in [5.41, 5.74) is 2.19. The number of nitrogens with one attached hydrogen (secondary N) is 2. The fourth-order valence-electron chi connectivity index (χ4n) is 4.33. The Morgan fingerprint density at radius 3 is 2.71 bits per heavy atom. The number of aryl methyl sites for hydroxylation is 1. The second kappa shape index (κ2) is 7.69.